The van der Waals surface area contributed by atoms with Gasteiger partial charge in [0.05, 0.1) is 20.6 Å². The fraction of sp³-hybridized carbons (Fsp3) is 0.200. The van der Waals surface area contributed by atoms with E-state index in [-0.39, 0.29) is 16.3 Å². The smallest absolute Gasteiger partial charge is 0.270 e. The number of hydrogen-bond donors (Lipinski definition) is 1. The van der Waals surface area contributed by atoms with E-state index in [0.717, 1.165) is 5.69 Å². The summed E-state index contributed by atoms with van der Waals surface area (Å²) in [5, 5.41) is 14.1. The van der Waals surface area contributed by atoms with Gasteiger partial charge in [-0.3, -0.25) is 10.1 Å². The number of anilines is 1. The molecule has 23 heavy (non-hydrogen) atoms. The number of nitro benzene ring substituents is 1. The Morgan fingerprint density at radius 1 is 1.17 bits per heavy atom. The molecule has 122 valence electrons. The molecule has 0 aromatic heterocycles. The van der Waals surface area contributed by atoms with E-state index in [2.05, 4.69) is 5.32 Å². The molecule has 2 aromatic carbocycles. The van der Waals surface area contributed by atoms with Gasteiger partial charge in [-0.25, -0.2) is 8.42 Å². The number of sulfone groups is 1. The molecule has 0 saturated heterocycles. The van der Waals surface area contributed by atoms with Crippen molar-refractivity contribution < 1.29 is 13.3 Å². The highest BCUT2D eigenvalue weighted by Gasteiger charge is 2.11. The number of benzene rings is 2. The topological polar surface area (TPSA) is 89.3 Å². The van der Waals surface area contributed by atoms with E-state index in [0.29, 0.717) is 17.1 Å². The van der Waals surface area contributed by atoms with Crippen molar-refractivity contribution in [1.29, 1.82) is 0 Å². The zero-order chi connectivity index (χ0) is 17.0. The lowest BCUT2D eigenvalue weighted by Gasteiger charge is -2.09. The maximum Gasteiger partial charge on any atom is 0.270 e. The summed E-state index contributed by atoms with van der Waals surface area (Å²) in [7, 11) is -3.21. The van der Waals surface area contributed by atoms with Gasteiger partial charge in [0, 0.05) is 24.4 Å². The molecule has 0 fully saturated rings. The third kappa shape index (κ3) is 4.20. The van der Waals surface area contributed by atoms with Crippen molar-refractivity contribution in [3.8, 4) is 0 Å². The maximum absolute atomic E-state index is 11.7. The maximum atomic E-state index is 11.7. The molecule has 0 atom stereocenters. The lowest BCUT2D eigenvalue weighted by Crippen LogP contribution is -2.04. The molecule has 0 spiro atoms. The van der Waals surface area contributed by atoms with Crippen molar-refractivity contribution in [1.82, 2.24) is 0 Å². The third-order valence-corrected chi connectivity index (χ3v) is 5.43. The first-order chi connectivity index (χ1) is 10.8. The summed E-state index contributed by atoms with van der Waals surface area (Å²) < 4.78 is 23.5. The molecule has 8 heteroatoms. The lowest BCUT2D eigenvalue weighted by molar-refractivity contribution is -0.384. The van der Waals surface area contributed by atoms with Gasteiger partial charge in [-0.1, -0.05) is 18.5 Å². The molecular weight excluding hydrogens is 340 g/mol. The minimum atomic E-state index is -3.21. The molecule has 0 aliphatic carbocycles. The van der Waals surface area contributed by atoms with Crippen molar-refractivity contribution in [2.75, 3.05) is 11.1 Å². The molecular formula is C15H15ClN2O4S. The van der Waals surface area contributed by atoms with Crippen LogP contribution in [-0.2, 0) is 16.4 Å². The Balaban J connectivity index is 2.08. The summed E-state index contributed by atoms with van der Waals surface area (Å²) in [6.07, 6.45) is 0. The number of rotatable bonds is 6. The second-order valence-corrected chi connectivity index (χ2v) is 7.50. The van der Waals surface area contributed by atoms with Crippen LogP contribution in [0, 0.1) is 10.1 Å². The second kappa shape index (κ2) is 6.97. The number of halogens is 1. The van der Waals surface area contributed by atoms with Gasteiger partial charge in [0.25, 0.3) is 5.69 Å². The molecule has 0 bridgehead atoms. The largest absolute Gasteiger partial charge is 0.381 e. The molecule has 0 unspecified atom stereocenters. The Hall–Kier alpha value is -2.12. The summed E-state index contributed by atoms with van der Waals surface area (Å²) in [4.78, 5) is 10.4. The van der Waals surface area contributed by atoms with Gasteiger partial charge in [-0.2, -0.15) is 0 Å². The van der Waals surface area contributed by atoms with Crippen molar-refractivity contribution in [3.05, 3.63) is 63.2 Å². The zero-order valence-electron chi connectivity index (χ0n) is 12.3. The number of hydrogen-bond acceptors (Lipinski definition) is 5. The molecule has 0 heterocycles. The first-order valence-electron chi connectivity index (χ1n) is 6.83. The van der Waals surface area contributed by atoms with Gasteiger partial charge in [-0.05, 0) is 35.9 Å². The Kier molecular flexibility index (Phi) is 5.23. The molecule has 0 radical (unpaired) electrons. The van der Waals surface area contributed by atoms with Crippen LogP contribution in [0.2, 0.25) is 5.02 Å². The average molecular weight is 355 g/mol. The first-order valence-corrected chi connectivity index (χ1v) is 8.86. The molecule has 2 rings (SSSR count). The Morgan fingerprint density at radius 3 is 2.35 bits per heavy atom. The average Bonchev–Trinajstić information content (AvgIpc) is 2.54. The minimum Gasteiger partial charge on any atom is -0.381 e. The number of nitro groups is 1. The molecule has 6 nitrogen and oxygen atoms in total. The number of non-ortho nitro benzene ring substituents is 1. The van der Waals surface area contributed by atoms with Crippen molar-refractivity contribution in [2.24, 2.45) is 0 Å². The quantitative estimate of drug-likeness (QED) is 0.631. The van der Waals surface area contributed by atoms with Gasteiger partial charge >= 0.3 is 0 Å². The van der Waals surface area contributed by atoms with Crippen LogP contribution in [0.25, 0.3) is 0 Å². The van der Waals surface area contributed by atoms with Crippen LogP contribution in [0.4, 0.5) is 11.4 Å². The van der Waals surface area contributed by atoms with Crippen LogP contribution in [-0.4, -0.2) is 19.1 Å². The normalized spacial score (nSPS) is 11.2. The standard InChI is InChI=1S/C15H15ClN2O4S/c1-2-23(21,22)14-7-4-12(5-8-14)17-10-11-3-6-13(18(19)20)9-15(11)16/h3-9,17H,2,10H2,1H3. The molecule has 1 N–H and O–H groups in total. The van der Waals surface area contributed by atoms with E-state index >= 15 is 0 Å². The predicted octanol–water partition coefficient (Wildman–Crippen LogP) is 3.65. The Bertz CT molecular complexity index is 820. The van der Waals surface area contributed by atoms with Crippen molar-refractivity contribution in [2.45, 2.75) is 18.4 Å². The highest BCUT2D eigenvalue weighted by atomic mass is 35.5. The molecule has 0 saturated carbocycles. The Morgan fingerprint density at radius 2 is 1.83 bits per heavy atom. The third-order valence-electron chi connectivity index (χ3n) is 3.32. The van der Waals surface area contributed by atoms with Crippen molar-refractivity contribution in [3.63, 3.8) is 0 Å². The molecule has 0 aliphatic rings. The van der Waals surface area contributed by atoms with Crippen LogP contribution in [0.15, 0.2) is 47.4 Å². The van der Waals surface area contributed by atoms with Crippen LogP contribution in [0.3, 0.4) is 0 Å². The highest BCUT2D eigenvalue weighted by Crippen LogP contribution is 2.23. The first kappa shape index (κ1) is 17.2. The monoisotopic (exact) mass is 354 g/mol. The predicted molar refractivity (Wildman–Crippen MR) is 89.6 cm³/mol. The van der Waals surface area contributed by atoms with E-state index in [1.54, 1.807) is 37.3 Å². The van der Waals surface area contributed by atoms with Crippen LogP contribution < -0.4 is 5.32 Å². The van der Waals surface area contributed by atoms with Gasteiger partial charge in [0.1, 0.15) is 0 Å². The highest BCUT2D eigenvalue weighted by molar-refractivity contribution is 7.91. The fourth-order valence-electron chi connectivity index (χ4n) is 1.94. The zero-order valence-corrected chi connectivity index (χ0v) is 13.9. The summed E-state index contributed by atoms with van der Waals surface area (Å²) >= 11 is 6.02. The summed E-state index contributed by atoms with van der Waals surface area (Å²) in [5.74, 6) is 0.0537. The van der Waals surface area contributed by atoms with E-state index in [9.17, 15) is 18.5 Å². The van der Waals surface area contributed by atoms with Crippen molar-refractivity contribution >= 4 is 32.8 Å². The lowest BCUT2D eigenvalue weighted by atomic mass is 10.2. The second-order valence-electron chi connectivity index (χ2n) is 4.81. The molecule has 0 amide bonds. The van der Waals surface area contributed by atoms with Crippen LogP contribution >= 0.6 is 11.6 Å². The van der Waals surface area contributed by atoms with E-state index in [1.807, 2.05) is 0 Å². The minimum absolute atomic E-state index is 0.0537. The Labute approximate surface area is 139 Å². The number of nitrogens with one attached hydrogen (secondary N) is 1. The van der Waals surface area contributed by atoms with Gasteiger partial charge in [0.2, 0.25) is 0 Å². The number of nitrogens with zero attached hydrogens (tertiary/aromatic N) is 1. The fourth-order valence-corrected chi connectivity index (χ4v) is 3.06. The van der Waals surface area contributed by atoms with E-state index in [1.165, 1.54) is 12.1 Å². The van der Waals surface area contributed by atoms with Crippen LogP contribution in [0.1, 0.15) is 12.5 Å². The molecule has 2 aromatic rings. The van der Waals surface area contributed by atoms with E-state index in [4.69, 9.17) is 11.6 Å². The van der Waals surface area contributed by atoms with Gasteiger partial charge in [-0.15, -0.1) is 0 Å². The summed E-state index contributed by atoms with van der Waals surface area (Å²) in [6.45, 7) is 1.97. The van der Waals surface area contributed by atoms with Crippen LogP contribution in [0.5, 0.6) is 0 Å². The van der Waals surface area contributed by atoms with E-state index < -0.39 is 14.8 Å². The summed E-state index contributed by atoms with van der Waals surface area (Å²) in [5.41, 5.74) is 1.38. The van der Waals surface area contributed by atoms with Gasteiger partial charge in [0.15, 0.2) is 9.84 Å². The SMILES string of the molecule is CCS(=O)(=O)c1ccc(NCc2ccc([N+](=O)[O-])cc2Cl)cc1. The summed E-state index contributed by atoms with van der Waals surface area (Å²) in [6, 6.07) is 10.7. The molecule has 0 aliphatic heterocycles. The van der Waals surface area contributed by atoms with Gasteiger partial charge < -0.3 is 5.32 Å².